The first-order valence-corrected chi connectivity index (χ1v) is 7.34. The van der Waals surface area contributed by atoms with Gasteiger partial charge in [0.2, 0.25) is 0 Å². The van der Waals surface area contributed by atoms with Crippen LogP contribution in [0.5, 0.6) is 0 Å². The Labute approximate surface area is 128 Å². The van der Waals surface area contributed by atoms with Gasteiger partial charge in [-0.25, -0.2) is 9.59 Å². The Morgan fingerprint density at radius 2 is 2.10 bits per heavy atom. The van der Waals surface area contributed by atoms with Crippen molar-refractivity contribution in [3.63, 3.8) is 0 Å². The van der Waals surface area contributed by atoms with Gasteiger partial charge in [0.1, 0.15) is 6.04 Å². The molecule has 2 N–H and O–H groups in total. The van der Waals surface area contributed by atoms with Crippen LogP contribution < -0.4 is 5.32 Å². The minimum absolute atomic E-state index is 0.0381. The van der Waals surface area contributed by atoms with Crippen LogP contribution in [0, 0.1) is 5.92 Å². The monoisotopic (exact) mass is 310 g/mol. The number of halogens is 1. The summed E-state index contributed by atoms with van der Waals surface area (Å²) in [5, 5.41) is 12.7. The summed E-state index contributed by atoms with van der Waals surface area (Å²) < 4.78 is 0. The van der Waals surface area contributed by atoms with Crippen molar-refractivity contribution < 1.29 is 14.7 Å². The SMILES string of the molecule is CC(NC(=O)N1CCC(C)C1C(=O)O)c1ccccc1Cl. The predicted molar refractivity (Wildman–Crippen MR) is 80.3 cm³/mol. The molecule has 3 atom stereocenters. The highest BCUT2D eigenvalue weighted by Gasteiger charge is 2.39. The normalized spacial score (nSPS) is 22.9. The summed E-state index contributed by atoms with van der Waals surface area (Å²) in [5.41, 5.74) is 0.812. The van der Waals surface area contributed by atoms with E-state index in [-0.39, 0.29) is 18.0 Å². The summed E-state index contributed by atoms with van der Waals surface area (Å²) in [5.74, 6) is -0.996. The van der Waals surface area contributed by atoms with Crippen LogP contribution in [0.4, 0.5) is 4.79 Å². The lowest BCUT2D eigenvalue weighted by molar-refractivity contribution is -0.142. The highest BCUT2D eigenvalue weighted by Crippen LogP contribution is 2.26. The highest BCUT2D eigenvalue weighted by molar-refractivity contribution is 6.31. The van der Waals surface area contributed by atoms with E-state index in [0.29, 0.717) is 18.0 Å². The number of carbonyl (C=O) groups excluding carboxylic acids is 1. The molecule has 1 fully saturated rings. The lowest BCUT2D eigenvalue weighted by atomic mass is 10.0. The second-order valence-corrected chi connectivity index (χ2v) is 5.84. The molecule has 0 aromatic heterocycles. The Balaban J connectivity index is 2.08. The molecule has 0 saturated carbocycles. The Morgan fingerprint density at radius 1 is 1.43 bits per heavy atom. The second-order valence-electron chi connectivity index (χ2n) is 5.44. The van der Waals surface area contributed by atoms with Crippen LogP contribution in [-0.2, 0) is 4.79 Å². The van der Waals surface area contributed by atoms with Gasteiger partial charge < -0.3 is 15.3 Å². The fourth-order valence-corrected chi connectivity index (χ4v) is 3.02. The lowest BCUT2D eigenvalue weighted by Gasteiger charge is -2.26. The number of hydrogen-bond donors (Lipinski definition) is 2. The van der Waals surface area contributed by atoms with Crippen molar-refractivity contribution in [2.24, 2.45) is 5.92 Å². The minimum Gasteiger partial charge on any atom is -0.480 e. The number of amides is 2. The van der Waals surface area contributed by atoms with Gasteiger partial charge in [-0.2, -0.15) is 0 Å². The van der Waals surface area contributed by atoms with E-state index in [2.05, 4.69) is 5.32 Å². The first kappa shape index (κ1) is 15.6. The molecule has 114 valence electrons. The first-order chi connectivity index (χ1) is 9.91. The van der Waals surface area contributed by atoms with Gasteiger partial charge in [-0.05, 0) is 30.9 Å². The average molecular weight is 311 g/mol. The van der Waals surface area contributed by atoms with Gasteiger partial charge >= 0.3 is 12.0 Å². The molecule has 3 unspecified atom stereocenters. The van der Waals surface area contributed by atoms with E-state index in [4.69, 9.17) is 11.6 Å². The number of aliphatic carboxylic acids is 1. The second kappa shape index (κ2) is 6.35. The summed E-state index contributed by atoms with van der Waals surface area (Å²) in [7, 11) is 0. The van der Waals surface area contributed by atoms with Crippen LogP contribution in [0.3, 0.4) is 0 Å². The Bertz CT molecular complexity index is 549. The highest BCUT2D eigenvalue weighted by atomic mass is 35.5. The molecule has 0 aliphatic carbocycles. The van der Waals surface area contributed by atoms with Crippen molar-refractivity contribution in [2.75, 3.05) is 6.54 Å². The van der Waals surface area contributed by atoms with E-state index < -0.39 is 12.0 Å². The third-order valence-electron chi connectivity index (χ3n) is 3.93. The average Bonchev–Trinajstić information content (AvgIpc) is 2.81. The van der Waals surface area contributed by atoms with Crippen molar-refractivity contribution in [3.05, 3.63) is 34.9 Å². The Hall–Kier alpha value is -1.75. The van der Waals surface area contributed by atoms with Gasteiger partial charge in [0, 0.05) is 11.6 Å². The van der Waals surface area contributed by atoms with Gasteiger partial charge in [0.25, 0.3) is 0 Å². The molecule has 1 heterocycles. The molecule has 0 spiro atoms. The van der Waals surface area contributed by atoms with E-state index in [9.17, 15) is 14.7 Å². The molecular formula is C15H19ClN2O3. The quantitative estimate of drug-likeness (QED) is 0.902. The largest absolute Gasteiger partial charge is 0.480 e. The van der Waals surface area contributed by atoms with Crippen LogP contribution in [0.1, 0.15) is 31.9 Å². The third kappa shape index (κ3) is 3.29. The number of carbonyl (C=O) groups is 2. The predicted octanol–water partition coefficient (Wildman–Crippen LogP) is 2.91. The van der Waals surface area contributed by atoms with Crippen molar-refractivity contribution >= 4 is 23.6 Å². The lowest BCUT2D eigenvalue weighted by Crippen LogP contribution is -2.48. The summed E-state index contributed by atoms with van der Waals surface area (Å²) in [6, 6.07) is 5.87. The fourth-order valence-electron chi connectivity index (χ4n) is 2.72. The number of carboxylic acid groups (broad SMARTS) is 1. The molecular weight excluding hydrogens is 292 g/mol. The van der Waals surface area contributed by atoms with Crippen molar-refractivity contribution in [2.45, 2.75) is 32.4 Å². The Morgan fingerprint density at radius 3 is 2.71 bits per heavy atom. The summed E-state index contributed by atoms with van der Waals surface area (Å²) >= 11 is 6.11. The number of rotatable bonds is 3. The van der Waals surface area contributed by atoms with Crippen LogP contribution in [0.15, 0.2) is 24.3 Å². The molecule has 5 nitrogen and oxygen atoms in total. The number of benzene rings is 1. The summed E-state index contributed by atoms with van der Waals surface area (Å²) in [6.45, 7) is 4.14. The minimum atomic E-state index is -0.958. The van der Waals surface area contributed by atoms with Gasteiger partial charge in [0.15, 0.2) is 0 Å². The molecule has 1 aliphatic rings. The zero-order chi connectivity index (χ0) is 15.6. The number of carboxylic acids is 1. The zero-order valence-electron chi connectivity index (χ0n) is 12.0. The molecule has 6 heteroatoms. The van der Waals surface area contributed by atoms with Gasteiger partial charge in [-0.1, -0.05) is 36.7 Å². The van der Waals surface area contributed by atoms with Crippen molar-refractivity contribution in [3.8, 4) is 0 Å². The first-order valence-electron chi connectivity index (χ1n) is 6.96. The van der Waals surface area contributed by atoms with Gasteiger partial charge in [-0.15, -0.1) is 0 Å². The number of nitrogens with one attached hydrogen (secondary N) is 1. The van der Waals surface area contributed by atoms with Crippen LogP contribution in [-0.4, -0.2) is 34.6 Å². The van der Waals surface area contributed by atoms with E-state index >= 15 is 0 Å². The molecule has 1 aromatic carbocycles. The molecule has 1 aromatic rings. The molecule has 2 rings (SSSR count). The number of hydrogen-bond acceptors (Lipinski definition) is 2. The summed E-state index contributed by atoms with van der Waals surface area (Å²) in [4.78, 5) is 25.0. The smallest absolute Gasteiger partial charge is 0.326 e. The zero-order valence-corrected chi connectivity index (χ0v) is 12.8. The number of likely N-dealkylation sites (tertiary alicyclic amines) is 1. The molecule has 21 heavy (non-hydrogen) atoms. The van der Waals surface area contributed by atoms with E-state index in [1.54, 1.807) is 6.07 Å². The van der Waals surface area contributed by atoms with Crippen LogP contribution >= 0.6 is 11.6 Å². The molecule has 0 bridgehead atoms. The topological polar surface area (TPSA) is 69.6 Å². The molecule has 1 aliphatic heterocycles. The van der Waals surface area contributed by atoms with Gasteiger partial charge in [-0.3, -0.25) is 0 Å². The molecule has 2 amide bonds. The van der Waals surface area contributed by atoms with Gasteiger partial charge in [0.05, 0.1) is 6.04 Å². The Kier molecular flexibility index (Phi) is 4.73. The maximum Gasteiger partial charge on any atom is 0.326 e. The number of urea groups is 1. The van der Waals surface area contributed by atoms with E-state index in [1.165, 1.54) is 4.90 Å². The maximum atomic E-state index is 12.3. The van der Waals surface area contributed by atoms with E-state index in [1.807, 2.05) is 32.0 Å². The standard InChI is InChI=1S/C15H19ClN2O3/c1-9-7-8-18(13(9)14(19)20)15(21)17-10(2)11-5-3-4-6-12(11)16/h3-6,9-10,13H,7-8H2,1-2H3,(H,17,21)(H,19,20). The number of nitrogens with zero attached hydrogens (tertiary/aromatic N) is 1. The molecule has 0 radical (unpaired) electrons. The molecule has 1 saturated heterocycles. The van der Waals surface area contributed by atoms with Crippen molar-refractivity contribution in [1.82, 2.24) is 10.2 Å². The maximum absolute atomic E-state index is 12.3. The fraction of sp³-hybridized carbons (Fsp3) is 0.467. The van der Waals surface area contributed by atoms with Crippen LogP contribution in [0.25, 0.3) is 0 Å². The van der Waals surface area contributed by atoms with E-state index in [0.717, 1.165) is 5.56 Å². The van der Waals surface area contributed by atoms with Crippen LogP contribution in [0.2, 0.25) is 5.02 Å². The summed E-state index contributed by atoms with van der Waals surface area (Å²) in [6.07, 6.45) is 0.699. The third-order valence-corrected chi connectivity index (χ3v) is 4.27. The van der Waals surface area contributed by atoms with Crippen molar-refractivity contribution in [1.29, 1.82) is 0 Å².